The molecule has 1 heterocycles. The van der Waals surface area contributed by atoms with E-state index in [1.54, 1.807) is 18.2 Å². The first-order valence-corrected chi connectivity index (χ1v) is 8.01. The lowest BCUT2D eigenvalue weighted by atomic mass is 10.1. The number of hydrogen-bond donors (Lipinski definition) is 0. The molecule has 0 aliphatic rings. The lowest BCUT2D eigenvalue weighted by molar-refractivity contribution is -0.131. The summed E-state index contributed by atoms with van der Waals surface area (Å²) in [6.45, 7) is 1.31. The van der Waals surface area contributed by atoms with Gasteiger partial charge in [0.05, 0.1) is 5.39 Å². The summed E-state index contributed by atoms with van der Waals surface area (Å²) >= 11 is 0. The molecule has 0 fully saturated rings. The molecule has 0 bridgehead atoms. The van der Waals surface area contributed by atoms with Gasteiger partial charge in [-0.05, 0) is 23.6 Å². The van der Waals surface area contributed by atoms with Crippen LogP contribution >= 0.6 is 0 Å². The first kappa shape index (κ1) is 15.9. The lowest BCUT2D eigenvalue weighted by Crippen LogP contribution is -2.06. The molecule has 0 aliphatic carbocycles. The van der Waals surface area contributed by atoms with Crippen molar-refractivity contribution in [3.05, 3.63) is 77.2 Å². The van der Waals surface area contributed by atoms with Crippen LogP contribution in [0, 0.1) is 0 Å². The molecule has 0 atom stereocenters. The SMILES string of the molecule is CC(=O)Oc1ccc2c(=O)c(Oc3cccc4ccccc34)coc2c1. The van der Waals surface area contributed by atoms with Crippen molar-refractivity contribution in [1.82, 2.24) is 0 Å². The Kier molecular flexibility index (Phi) is 3.89. The zero-order chi connectivity index (χ0) is 18.1. The highest BCUT2D eigenvalue weighted by Crippen LogP contribution is 2.29. The number of hydrogen-bond acceptors (Lipinski definition) is 5. The second-order valence-electron chi connectivity index (χ2n) is 5.76. The molecular formula is C21H14O5. The Morgan fingerprint density at radius 1 is 0.923 bits per heavy atom. The van der Waals surface area contributed by atoms with Crippen LogP contribution in [0.3, 0.4) is 0 Å². The number of benzene rings is 3. The lowest BCUT2D eigenvalue weighted by Gasteiger charge is -2.09. The van der Waals surface area contributed by atoms with Crippen LogP contribution in [0.5, 0.6) is 17.2 Å². The highest BCUT2D eigenvalue weighted by Gasteiger charge is 2.12. The second kappa shape index (κ2) is 6.37. The van der Waals surface area contributed by atoms with Gasteiger partial charge in [0.15, 0.2) is 0 Å². The molecule has 0 amide bonds. The van der Waals surface area contributed by atoms with Crippen molar-refractivity contribution in [2.75, 3.05) is 0 Å². The Hall–Kier alpha value is -3.60. The average molecular weight is 346 g/mol. The Bertz CT molecular complexity index is 1180. The van der Waals surface area contributed by atoms with Gasteiger partial charge in [-0.2, -0.15) is 0 Å². The molecular weight excluding hydrogens is 332 g/mol. The van der Waals surface area contributed by atoms with Gasteiger partial charge in [-0.3, -0.25) is 9.59 Å². The van der Waals surface area contributed by atoms with Gasteiger partial charge in [-0.15, -0.1) is 0 Å². The molecule has 0 aliphatic heterocycles. The summed E-state index contributed by atoms with van der Waals surface area (Å²) in [4.78, 5) is 23.8. The largest absolute Gasteiger partial charge is 0.460 e. The van der Waals surface area contributed by atoms with Crippen molar-refractivity contribution in [1.29, 1.82) is 0 Å². The minimum Gasteiger partial charge on any atom is -0.460 e. The number of ether oxygens (including phenoxy) is 2. The van der Waals surface area contributed by atoms with Crippen molar-refractivity contribution in [3.63, 3.8) is 0 Å². The van der Waals surface area contributed by atoms with E-state index in [0.29, 0.717) is 22.5 Å². The van der Waals surface area contributed by atoms with Gasteiger partial charge < -0.3 is 13.9 Å². The summed E-state index contributed by atoms with van der Waals surface area (Å²) in [5, 5.41) is 2.26. The summed E-state index contributed by atoms with van der Waals surface area (Å²) in [5.74, 6) is 0.541. The Morgan fingerprint density at radius 2 is 1.73 bits per heavy atom. The van der Waals surface area contributed by atoms with Gasteiger partial charge in [-0.1, -0.05) is 36.4 Å². The maximum Gasteiger partial charge on any atom is 0.308 e. The van der Waals surface area contributed by atoms with E-state index in [4.69, 9.17) is 13.9 Å². The van der Waals surface area contributed by atoms with Crippen molar-refractivity contribution in [3.8, 4) is 17.2 Å². The molecule has 0 N–H and O–H groups in total. The predicted molar refractivity (Wildman–Crippen MR) is 97.8 cm³/mol. The smallest absolute Gasteiger partial charge is 0.308 e. The molecule has 128 valence electrons. The fraction of sp³-hybridized carbons (Fsp3) is 0.0476. The van der Waals surface area contributed by atoms with Crippen LogP contribution in [0.2, 0.25) is 0 Å². The number of carbonyl (C=O) groups is 1. The monoisotopic (exact) mass is 346 g/mol. The number of esters is 1. The van der Waals surface area contributed by atoms with Crippen molar-refractivity contribution >= 4 is 27.7 Å². The third-order valence-electron chi connectivity index (χ3n) is 3.95. The molecule has 5 heteroatoms. The Morgan fingerprint density at radius 3 is 2.58 bits per heavy atom. The van der Waals surface area contributed by atoms with E-state index < -0.39 is 5.97 Å². The molecule has 5 nitrogen and oxygen atoms in total. The van der Waals surface area contributed by atoms with E-state index in [9.17, 15) is 9.59 Å². The third-order valence-corrected chi connectivity index (χ3v) is 3.95. The summed E-state index contributed by atoms with van der Waals surface area (Å²) in [7, 11) is 0. The van der Waals surface area contributed by atoms with Gasteiger partial charge in [0.1, 0.15) is 23.3 Å². The summed E-state index contributed by atoms with van der Waals surface area (Å²) in [6.07, 6.45) is 1.27. The van der Waals surface area contributed by atoms with E-state index in [0.717, 1.165) is 10.8 Å². The predicted octanol–water partition coefficient (Wildman–Crippen LogP) is 4.66. The van der Waals surface area contributed by atoms with E-state index in [1.165, 1.54) is 19.3 Å². The normalized spacial score (nSPS) is 10.8. The first-order valence-electron chi connectivity index (χ1n) is 8.01. The second-order valence-corrected chi connectivity index (χ2v) is 5.76. The maximum absolute atomic E-state index is 12.7. The molecule has 0 saturated heterocycles. The molecule has 4 aromatic rings. The van der Waals surface area contributed by atoms with E-state index in [2.05, 4.69) is 0 Å². The van der Waals surface area contributed by atoms with Gasteiger partial charge in [0, 0.05) is 18.4 Å². The first-order chi connectivity index (χ1) is 12.6. The standard InChI is InChI=1S/C21H14O5/c1-13(22)25-15-9-10-17-19(11-15)24-12-20(21(17)23)26-18-8-4-6-14-5-2-3-7-16(14)18/h2-12H,1H3. The number of rotatable bonds is 3. The molecule has 4 rings (SSSR count). The van der Waals surface area contributed by atoms with E-state index >= 15 is 0 Å². The van der Waals surface area contributed by atoms with Crippen LogP contribution in [-0.2, 0) is 4.79 Å². The van der Waals surface area contributed by atoms with E-state index in [-0.39, 0.29) is 11.2 Å². The summed E-state index contributed by atoms with van der Waals surface area (Å²) < 4.78 is 16.4. The molecule has 0 unspecified atom stereocenters. The summed E-state index contributed by atoms with van der Waals surface area (Å²) in [5.41, 5.74) is 0.0209. The van der Waals surface area contributed by atoms with Crippen LogP contribution in [0.4, 0.5) is 0 Å². The Balaban J connectivity index is 1.76. The van der Waals surface area contributed by atoms with Crippen LogP contribution < -0.4 is 14.9 Å². The third kappa shape index (κ3) is 2.91. The van der Waals surface area contributed by atoms with Crippen LogP contribution in [-0.4, -0.2) is 5.97 Å². The number of carbonyl (C=O) groups excluding carboxylic acids is 1. The van der Waals surface area contributed by atoms with Crippen molar-refractivity contribution < 1.29 is 18.7 Å². The molecule has 0 radical (unpaired) electrons. The van der Waals surface area contributed by atoms with Gasteiger partial charge >= 0.3 is 5.97 Å². The van der Waals surface area contributed by atoms with Gasteiger partial charge in [-0.25, -0.2) is 0 Å². The zero-order valence-corrected chi connectivity index (χ0v) is 13.9. The quantitative estimate of drug-likeness (QED) is 0.398. The highest BCUT2D eigenvalue weighted by atomic mass is 16.5. The van der Waals surface area contributed by atoms with Crippen LogP contribution in [0.25, 0.3) is 21.7 Å². The number of fused-ring (bicyclic) bond motifs is 2. The molecule has 1 aromatic heterocycles. The van der Waals surface area contributed by atoms with Crippen LogP contribution in [0.1, 0.15) is 6.92 Å². The summed E-state index contributed by atoms with van der Waals surface area (Å²) in [6, 6.07) is 18.0. The topological polar surface area (TPSA) is 65.7 Å². The van der Waals surface area contributed by atoms with Crippen molar-refractivity contribution in [2.24, 2.45) is 0 Å². The Labute approximate surface area is 148 Å². The van der Waals surface area contributed by atoms with Gasteiger partial charge in [0.25, 0.3) is 0 Å². The van der Waals surface area contributed by atoms with Gasteiger partial charge in [0.2, 0.25) is 11.2 Å². The molecule has 0 spiro atoms. The molecule has 26 heavy (non-hydrogen) atoms. The molecule has 3 aromatic carbocycles. The minimum absolute atomic E-state index is 0.0917. The highest BCUT2D eigenvalue weighted by molar-refractivity contribution is 5.88. The average Bonchev–Trinajstić information content (AvgIpc) is 2.64. The fourth-order valence-corrected chi connectivity index (χ4v) is 2.79. The maximum atomic E-state index is 12.7. The molecule has 0 saturated carbocycles. The van der Waals surface area contributed by atoms with Crippen molar-refractivity contribution in [2.45, 2.75) is 6.92 Å². The minimum atomic E-state index is -0.442. The van der Waals surface area contributed by atoms with Crippen LogP contribution in [0.15, 0.2) is 76.1 Å². The van der Waals surface area contributed by atoms with E-state index in [1.807, 2.05) is 36.4 Å². The fourth-order valence-electron chi connectivity index (χ4n) is 2.79. The zero-order valence-electron chi connectivity index (χ0n) is 13.9.